The third-order valence-corrected chi connectivity index (χ3v) is 3.64. The molecule has 1 aromatic rings. The number of aryl methyl sites for hydroxylation is 1. The summed E-state index contributed by atoms with van der Waals surface area (Å²) in [7, 11) is 0. The molecule has 0 amide bonds. The van der Waals surface area contributed by atoms with E-state index in [0.717, 1.165) is 25.0 Å². The molecule has 1 atom stereocenters. The molecule has 2 rings (SSSR count). The molecule has 1 aromatic heterocycles. The van der Waals surface area contributed by atoms with E-state index in [1.807, 2.05) is 12.3 Å². The second kappa shape index (κ2) is 3.66. The fourth-order valence-corrected chi connectivity index (χ4v) is 2.32. The number of hydrogen-bond acceptors (Lipinski definition) is 2. The Bertz CT molecular complexity index is 403. The Hall–Kier alpha value is -1.36. The minimum absolute atomic E-state index is 0.193. The van der Waals surface area contributed by atoms with Crippen LogP contribution in [0.3, 0.4) is 0 Å². The van der Waals surface area contributed by atoms with E-state index in [-0.39, 0.29) is 5.41 Å². The quantitative estimate of drug-likeness (QED) is 0.699. The van der Waals surface area contributed by atoms with Crippen LogP contribution in [0.2, 0.25) is 0 Å². The van der Waals surface area contributed by atoms with Crippen molar-refractivity contribution < 1.29 is 0 Å². The minimum Gasteiger partial charge on any atom is -0.261 e. The van der Waals surface area contributed by atoms with E-state index in [1.165, 1.54) is 5.56 Å². The van der Waals surface area contributed by atoms with Crippen LogP contribution in [0.4, 0.5) is 0 Å². The molecule has 1 unspecified atom stereocenters. The Kier molecular flexibility index (Phi) is 2.48. The smallest absolute Gasteiger partial charge is 0.0696 e. The highest BCUT2D eigenvalue weighted by Gasteiger charge is 2.37. The monoisotopic (exact) mass is 200 g/mol. The van der Waals surface area contributed by atoms with Crippen molar-refractivity contribution >= 4 is 0 Å². The maximum Gasteiger partial charge on any atom is 0.0696 e. The summed E-state index contributed by atoms with van der Waals surface area (Å²) in [5.41, 5.74) is 2.25. The van der Waals surface area contributed by atoms with Gasteiger partial charge in [0.05, 0.1) is 11.5 Å². The van der Waals surface area contributed by atoms with Crippen LogP contribution >= 0.6 is 0 Å². The van der Waals surface area contributed by atoms with Gasteiger partial charge in [-0.15, -0.1) is 0 Å². The molecule has 1 heterocycles. The number of aromatic nitrogens is 1. The number of rotatable bonds is 1. The number of hydrogen-bond donors (Lipinski definition) is 0. The average molecular weight is 200 g/mol. The van der Waals surface area contributed by atoms with E-state index in [9.17, 15) is 5.26 Å². The van der Waals surface area contributed by atoms with Crippen LogP contribution in [0.5, 0.6) is 0 Å². The highest BCUT2D eigenvalue weighted by Crippen LogP contribution is 2.39. The zero-order chi connectivity index (χ0) is 10.9. The first-order valence-corrected chi connectivity index (χ1v) is 5.52. The normalized spacial score (nSPS) is 24.7. The van der Waals surface area contributed by atoms with Crippen molar-refractivity contribution in [3.63, 3.8) is 0 Å². The summed E-state index contributed by atoms with van der Waals surface area (Å²) in [5.74, 6) is 0.401. The van der Waals surface area contributed by atoms with Crippen LogP contribution in [0.15, 0.2) is 18.3 Å². The van der Waals surface area contributed by atoms with Crippen LogP contribution in [0.25, 0.3) is 0 Å². The van der Waals surface area contributed by atoms with Crippen molar-refractivity contribution in [2.45, 2.75) is 33.1 Å². The van der Waals surface area contributed by atoms with Gasteiger partial charge in [-0.2, -0.15) is 5.26 Å². The third kappa shape index (κ3) is 1.63. The van der Waals surface area contributed by atoms with Crippen LogP contribution in [-0.2, 0) is 12.8 Å². The van der Waals surface area contributed by atoms with Gasteiger partial charge in [-0.1, -0.05) is 19.9 Å². The lowest BCUT2D eigenvalue weighted by Gasteiger charge is -2.34. The lowest BCUT2D eigenvalue weighted by molar-refractivity contribution is 0.238. The van der Waals surface area contributed by atoms with E-state index in [2.05, 4.69) is 31.0 Å². The molecule has 78 valence electrons. The standard InChI is InChI=1S/C13H16N2/c1-10(2)13(9-14)6-5-11-4-3-7-15-12(11)8-13/h3-4,7,10H,5-6,8H2,1-2H3. The van der Waals surface area contributed by atoms with Crippen molar-refractivity contribution in [1.29, 1.82) is 5.26 Å². The van der Waals surface area contributed by atoms with Crippen molar-refractivity contribution in [3.05, 3.63) is 29.6 Å². The molecule has 1 aliphatic carbocycles. The summed E-state index contributed by atoms with van der Waals surface area (Å²) in [6, 6.07) is 6.63. The largest absolute Gasteiger partial charge is 0.261 e. The lowest BCUT2D eigenvalue weighted by Crippen LogP contribution is -2.33. The topological polar surface area (TPSA) is 36.7 Å². The third-order valence-electron chi connectivity index (χ3n) is 3.64. The molecule has 15 heavy (non-hydrogen) atoms. The Balaban J connectivity index is 2.36. The van der Waals surface area contributed by atoms with Crippen molar-refractivity contribution in [2.24, 2.45) is 11.3 Å². The molecule has 0 bridgehead atoms. The molecule has 0 fully saturated rings. The van der Waals surface area contributed by atoms with Crippen LogP contribution < -0.4 is 0 Å². The predicted molar refractivity (Wildman–Crippen MR) is 59.1 cm³/mol. The summed E-state index contributed by atoms with van der Waals surface area (Å²) in [4.78, 5) is 4.39. The summed E-state index contributed by atoms with van der Waals surface area (Å²) >= 11 is 0. The predicted octanol–water partition coefficient (Wildman–Crippen LogP) is 2.74. The summed E-state index contributed by atoms with van der Waals surface area (Å²) in [6.07, 6.45) is 4.61. The van der Waals surface area contributed by atoms with Gasteiger partial charge >= 0.3 is 0 Å². The molecule has 0 saturated carbocycles. The summed E-state index contributed by atoms with van der Waals surface area (Å²) < 4.78 is 0. The second-order valence-corrected chi connectivity index (χ2v) is 4.71. The van der Waals surface area contributed by atoms with E-state index < -0.39 is 0 Å². The number of fused-ring (bicyclic) bond motifs is 1. The molecule has 2 nitrogen and oxygen atoms in total. The van der Waals surface area contributed by atoms with Gasteiger partial charge in [-0.25, -0.2) is 0 Å². The Morgan fingerprint density at radius 2 is 2.33 bits per heavy atom. The van der Waals surface area contributed by atoms with Gasteiger partial charge in [0.25, 0.3) is 0 Å². The lowest BCUT2D eigenvalue weighted by atomic mass is 9.67. The van der Waals surface area contributed by atoms with Gasteiger partial charge in [0.2, 0.25) is 0 Å². The maximum atomic E-state index is 9.36. The fourth-order valence-electron chi connectivity index (χ4n) is 2.32. The van der Waals surface area contributed by atoms with Gasteiger partial charge < -0.3 is 0 Å². The molecule has 0 aliphatic heterocycles. The number of nitrogens with zero attached hydrogens (tertiary/aromatic N) is 2. The molecule has 0 spiro atoms. The first-order chi connectivity index (χ1) is 7.18. The van der Waals surface area contributed by atoms with E-state index >= 15 is 0 Å². The molecule has 0 N–H and O–H groups in total. The maximum absolute atomic E-state index is 9.36. The van der Waals surface area contributed by atoms with Gasteiger partial charge in [0.15, 0.2) is 0 Å². The number of nitriles is 1. The second-order valence-electron chi connectivity index (χ2n) is 4.71. The molecule has 0 aromatic carbocycles. The van der Waals surface area contributed by atoms with Gasteiger partial charge in [-0.3, -0.25) is 4.98 Å². The highest BCUT2D eigenvalue weighted by molar-refractivity contribution is 5.27. The highest BCUT2D eigenvalue weighted by atomic mass is 14.7. The zero-order valence-electron chi connectivity index (χ0n) is 9.33. The fraction of sp³-hybridized carbons (Fsp3) is 0.538. The van der Waals surface area contributed by atoms with Gasteiger partial charge in [0.1, 0.15) is 0 Å². The Morgan fingerprint density at radius 3 is 3.00 bits per heavy atom. The summed E-state index contributed by atoms with van der Waals surface area (Å²) in [5, 5.41) is 9.36. The average Bonchev–Trinajstić information content (AvgIpc) is 2.28. The van der Waals surface area contributed by atoms with Gasteiger partial charge in [0, 0.05) is 18.3 Å². The van der Waals surface area contributed by atoms with Crippen molar-refractivity contribution in [3.8, 4) is 6.07 Å². The first kappa shape index (κ1) is 10.2. The Morgan fingerprint density at radius 1 is 1.53 bits per heavy atom. The molecule has 2 heteroatoms. The first-order valence-electron chi connectivity index (χ1n) is 5.52. The summed E-state index contributed by atoms with van der Waals surface area (Å²) in [6.45, 7) is 4.27. The SMILES string of the molecule is CC(C)C1(C#N)CCc2cccnc2C1. The number of pyridine rings is 1. The van der Waals surface area contributed by atoms with Crippen LogP contribution in [-0.4, -0.2) is 4.98 Å². The zero-order valence-corrected chi connectivity index (χ0v) is 9.33. The molecular formula is C13H16N2. The van der Waals surface area contributed by atoms with Gasteiger partial charge in [-0.05, 0) is 30.4 Å². The molecule has 0 saturated heterocycles. The van der Waals surface area contributed by atoms with E-state index in [0.29, 0.717) is 5.92 Å². The van der Waals surface area contributed by atoms with E-state index in [4.69, 9.17) is 0 Å². The molecule has 0 radical (unpaired) electrons. The van der Waals surface area contributed by atoms with Crippen molar-refractivity contribution in [1.82, 2.24) is 4.98 Å². The van der Waals surface area contributed by atoms with Crippen LogP contribution in [0.1, 0.15) is 31.5 Å². The van der Waals surface area contributed by atoms with Crippen molar-refractivity contribution in [2.75, 3.05) is 0 Å². The van der Waals surface area contributed by atoms with E-state index in [1.54, 1.807) is 0 Å². The molecular weight excluding hydrogens is 184 g/mol. The minimum atomic E-state index is -0.193. The molecule has 1 aliphatic rings. The Labute approximate surface area is 91.0 Å². The van der Waals surface area contributed by atoms with Crippen LogP contribution in [0, 0.1) is 22.7 Å².